The number of hydrogen-bond donors (Lipinski definition) is 2. The van der Waals surface area contributed by atoms with Gasteiger partial charge in [-0.1, -0.05) is 63.2 Å². The summed E-state index contributed by atoms with van der Waals surface area (Å²) >= 11 is 0. The Bertz CT molecular complexity index is 701. The van der Waals surface area contributed by atoms with E-state index in [1.54, 1.807) is 12.1 Å². The van der Waals surface area contributed by atoms with Crippen LogP contribution in [0.1, 0.15) is 43.1 Å². The van der Waals surface area contributed by atoms with Gasteiger partial charge < -0.3 is 10.6 Å². The Balaban J connectivity index is 1.75. The Kier molecular flexibility index (Phi) is 6.34. The molecule has 0 aliphatic rings. The third-order valence-corrected chi connectivity index (χ3v) is 3.96. The van der Waals surface area contributed by atoms with Crippen LogP contribution in [0.25, 0.3) is 0 Å². The fourth-order valence-corrected chi connectivity index (χ4v) is 2.41. The molecule has 4 heteroatoms. The first-order valence-electron chi connectivity index (χ1n) is 8.60. The van der Waals surface area contributed by atoms with E-state index in [0.717, 1.165) is 24.2 Å². The minimum Gasteiger partial charge on any atom is -0.385 e. The van der Waals surface area contributed by atoms with E-state index in [9.17, 15) is 9.59 Å². The summed E-state index contributed by atoms with van der Waals surface area (Å²) in [6.45, 7) is 7.53. The second-order valence-electron chi connectivity index (χ2n) is 7.06. The predicted octanol–water partition coefficient (Wildman–Crippen LogP) is 3.79. The molecule has 0 unspecified atom stereocenters. The second-order valence-corrected chi connectivity index (χ2v) is 7.06. The molecule has 25 heavy (non-hydrogen) atoms. The standard InChI is InChI=1S/C21H26N2O2/c1-21(2,3)17-12-10-16(11-13-17)19(24)20(25)23-15-7-14-22-18-8-5-4-6-9-18/h4-6,8-13,22H,7,14-15H2,1-3H3,(H,23,25). The lowest BCUT2D eigenvalue weighted by Crippen LogP contribution is -2.32. The Labute approximate surface area is 149 Å². The summed E-state index contributed by atoms with van der Waals surface area (Å²) < 4.78 is 0. The van der Waals surface area contributed by atoms with Crippen LogP contribution in [-0.2, 0) is 10.2 Å². The molecule has 2 rings (SSSR count). The number of nitrogens with one attached hydrogen (secondary N) is 2. The van der Waals surface area contributed by atoms with Crippen molar-refractivity contribution in [2.24, 2.45) is 0 Å². The van der Waals surface area contributed by atoms with Gasteiger partial charge in [0, 0.05) is 24.3 Å². The van der Waals surface area contributed by atoms with Gasteiger partial charge in [-0.05, 0) is 29.5 Å². The largest absolute Gasteiger partial charge is 0.385 e. The van der Waals surface area contributed by atoms with Crippen molar-refractivity contribution in [2.45, 2.75) is 32.6 Å². The summed E-state index contributed by atoms with van der Waals surface area (Å²) in [6.07, 6.45) is 0.747. The van der Waals surface area contributed by atoms with Crippen LogP contribution in [0.4, 0.5) is 5.69 Å². The van der Waals surface area contributed by atoms with Crippen molar-refractivity contribution < 1.29 is 9.59 Å². The molecule has 0 bridgehead atoms. The fraction of sp³-hybridized carbons (Fsp3) is 0.333. The van der Waals surface area contributed by atoms with Gasteiger partial charge in [-0.25, -0.2) is 0 Å². The minimum atomic E-state index is -0.553. The second kappa shape index (κ2) is 8.47. The summed E-state index contributed by atoms with van der Waals surface area (Å²) in [5.41, 5.74) is 2.63. The van der Waals surface area contributed by atoms with Gasteiger partial charge in [0.2, 0.25) is 5.78 Å². The SMILES string of the molecule is CC(C)(C)c1ccc(C(=O)C(=O)NCCCNc2ccccc2)cc1. The number of hydrogen-bond acceptors (Lipinski definition) is 3. The van der Waals surface area contributed by atoms with Gasteiger partial charge in [0.1, 0.15) is 0 Å². The van der Waals surface area contributed by atoms with Crippen LogP contribution in [0.3, 0.4) is 0 Å². The first kappa shape index (κ1) is 18.7. The van der Waals surface area contributed by atoms with E-state index in [0.29, 0.717) is 12.1 Å². The summed E-state index contributed by atoms with van der Waals surface area (Å²) in [7, 11) is 0. The van der Waals surface area contributed by atoms with Gasteiger partial charge in [-0.3, -0.25) is 9.59 Å². The Morgan fingerprint density at radius 2 is 1.52 bits per heavy atom. The van der Waals surface area contributed by atoms with Crippen LogP contribution in [0.2, 0.25) is 0 Å². The number of amides is 1. The zero-order valence-corrected chi connectivity index (χ0v) is 15.1. The average molecular weight is 338 g/mol. The zero-order chi connectivity index (χ0) is 18.3. The topological polar surface area (TPSA) is 58.2 Å². The Morgan fingerprint density at radius 1 is 0.880 bits per heavy atom. The summed E-state index contributed by atoms with van der Waals surface area (Å²) in [5, 5.41) is 5.95. The Morgan fingerprint density at radius 3 is 2.12 bits per heavy atom. The van der Waals surface area contributed by atoms with Gasteiger partial charge in [-0.2, -0.15) is 0 Å². The zero-order valence-electron chi connectivity index (χ0n) is 15.1. The number of anilines is 1. The lowest BCUT2D eigenvalue weighted by Gasteiger charge is -2.18. The van der Waals surface area contributed by atoms with Crippen LogP contribution < -0.4 is 10.6 Å². The smallest absolute Gasteiger partial charge is 0.292 e. The number of para-hydroxylation sites is 1. The van der Waals surface area contributed by atoms with Crippen LogP contribution in [0.5, 0.6) is 0 Å². The van der Waals surface area contributed by atoms with Crippen LogP contribution >= 0.6 is 0 Å². The first-order chi connectivity index (χ1) is 11.9. The molecule has 2 aromatic carbocycles. The normalized spacial score (nSPS) is 11.0. The average Bonchev–Trinajstić information content (AvgIpc) is 2.61. The van der Waals surface area contributed by atoms with E-state index in [4.69, 9.17) is 0 Å². The molecule has 0 atom stereocenters. The van der Waals surface area contributed by atoms with Gasteiger partial charge in [-0.15, -0.1) is 0 Å². The monoisotopic (exact) mass is 338 g/mol. The highest BCUT2D eigenvalue weighted by molar-refractivity contribution is 6.42. The molecule has 2 N–H and O–H groups in total. The molecule has 0 aliphatic carbocycles. The molecule has 0 spiro atoms. The minimum absolute atomic E-state index is 0.0234. The lowest BCUT2D eigenvalue weighted by molar-refractivity contribution is -0.117. The molecule has 0 saturated heterocycles. The summed E-state index contributed by atoms with van der Waals surface area (Å²) in [6, 6.07) is 17.1. The van der Waals surface area contributed by atoms with Crippen molar-refractivity contribution in [3.63, 3.8) is 0 Å². The number of ketones is 1. The molecule has 0 saturated carbocycles. The highest BCUT2D eigenvalue weighted by Gasteiger charge is 2.18. The maximum atomic E-state index is 12.2. The quantitative estimate of drug-likeness (QED) is 0.459. The first-order valence-corrected chi connectivity index (χ1v) is 8.60. The molecule has 0 radical (unpaired) electrons. The maximum Gasteiger partial charge on any atom is 0.292 e. The van der Waals surface area contributed by atoms with Crippen molar-refractivity contribution in [2.75, 3.05) is 18.4 Å². The van der Waals surface area contributed by atoms with Gasteiger partial charge >= 0.3 is 0 Å². The molecule has 1 amide bonds. The summed E-state index contributed by atoms with van der Waals surface area (Å²) in [5.74, 6) is -1.04. The molecule has 4 nitrogen and oxygen atoms in total. The van der Waals surface area contributed by atoms with Gasteiger partial charge in [0.25, 0.3) is 5.91 Å². The van der Waals surface area contributed by atoms with Gasteiger partial charge in [0.05, 0.1) is 0 Å². The van der Waals surface area contributed by atoms with E-state index in [2.05, 4.69) is 31.4 Å². The van der Waals surface area contributed by atoms with Crippen molar-refractivity contribution in [1.29, 1.82) is 0 Å². The molecule has 2 aromatic rings. The van der Waals surface area contributed by atoms with Crippen molar-refractivity contribution in [1.82, 2.24) is 5.32 Å². The van der Waals surface area contributed by atoms with E-state index < -0.39 is 11.7 Å². The number of rotatable bonds is 7. The van der Waals surface area contributed by atoms with E-state index >= 15 is 0 Å². The van der Waals surface area contributed by atoms with Gasteiger partial charge in [0.15, 0.2) is 0 Å². The van der Waals surface area contributed by atoms with Crippen molar-refractivity contribution in [3.05, 3.63) is 65.7 Å². The third-order valence-electron chi connectivity index (χ3n) is 3.96. The van der Waals surface area contributed by atoms with Crippen LogP contribution in [0, 0.1) is 0 Å². The number of carbonyl (C=O) groups excluding carboxylic acids is 2. The number of benzene rings is 2. The molecular formula is C21H26N2O2. The van der Waals surface area contributed by atoms with Crippen molar-refractivity contribution in [3.8, 4) is 0 Å². The maximum absolute atomic E-state index is 12.2. The molecule has 0 aromatic heterocycles. The Hall–Kier alpha value is -2.62. The van der Waals surface area contributed by atoms with Crippen molar-refractivity contribution >= 4 is 17.4 Å². The number of Topliss-reactive ketones (excluding diaryl/α,β-unsaturated/α-hetero) is 1. The predicted molar refractivity (Wildman–Crippen MR) is 102 cm³/mol. The molecule has 0 aliphatic heterocycles. The third kappa shape index (κ3) is 5.75. The molecule has 0 fully saturated rings. The van der Waals surface area contributed by atoms with E-state index in [1.165, 1.54) is 0 Å². The lowest BCUT2D eigenvalue weighted by atomic mass is 9.86. The van der Waals surface area contributed by atoms with E-state index in [-0.39, 0.29) is 5.41 Å². The summed E-state index contributed by atoms with van der Waals surface area (Å²) in [4.78, 5) is 24.1. The van der Waals surface area contributed by atoms with Crippen LogP contribution in [-0.4, -0.2) is 24.8 Å². The number of carbonyl (C=O) groups is 2. The highest BCUT2D eigenvalue weighted by Crippen LogP contribution is 2.22. The molecular weight excluding hydrogens is 312 g/mol. The fourth-order valence-electron chi connectivity index (χ4n) is 2.41. The molecule has 132 valence electrons. The van der Waals surface area contributed by atoms with Crippen LogP contribution in [0.15, 0.2) is 54.6 Å². The van der Waals surface area contributed by atoms with E-state index in [1.807, 2.05) is 42.5 Å². The highest BCUT2D eigenvalue weighted by atomic mass is 16.2. The molecule has 0 heterocycles.